The number of likely N-dealkylation sites (tertiary alicyclic amines) is 1. The highest BCUT2D eigenvalue weighted by molar-refractivity contribution is 5.94. The van der Waals surface area contributed by atoms with Crippen LogP contribution in [-0.4, -0.2) is 62.0 Å². The number of benzene rings is 2. The average Bonchev–Trinajstić information content (AvgIpc) is 3.66. The third kappa shape index (κ3) is 4.61. The fourth-order valence-electron chi connectivity index (χ4n) is 7.22. The summed E-state index contributed by atoms with van der Waals surface area (Å²) in [5.41, 5.74) is 16.0. The summed E-state index contributed by atoms with van der Waals surface area (Å²) in [7, 11) is 0. The van der Waals surface area contributed by atoms with Crippen LogP contribution in [0.1, 0.15) is 87.3 Å². The van der Waals surface area contributed by atoms with Crippen LogP contribution in [0.25, 0.3) is 0 Å². The van der Waals surface area contributed by atoms with E-state index >= 15 is 0 Å². The lowest BCUT2D eigenvalue weighted by molar-refractivity contribution is 0.0991. The minimum Gasteiger partial charge on any atom is -0.366 e. The molecule has 42 heavy (non-hydrogen) atoms. The van der Waals surface area contributed by atoms with Gasteiger partial charge in [0.25, 0.3) is 0 Å². The number of primary amides is 2. The van der Waals surface area contributed by atoms with Crippen LogP contribution in [0.5, 0.6) is 0 Å². The van der Waals surface area contributed by atoms with E-state index in [4.69, 9.17) is 11.5 Å². The maximum atomic E-state index is 12.2. The highest BCUT2D eigenvalue weighted by atomic mass is 16.1. The van der Waals surface area contributed by atoms with Crippen molar-refractivity contribution in [1.82, 2.24) is 30.8 Å². The van der Waals surface area contributed by atoms with Crippen molar-refractivity contribution in [3.05, 3.63) is 87.9 Å². The van der Waals surface area contributed by atoms with E-state index in [1.807, 2.05) is 24.3 Å². The minimum atomic E-state index is -0.825. The largest absolute Gasteiger partial charge is 0.366 e. The van der Waals surface area contributed by atoms with Gasteiger partial charge >= 0.3 is 0 Å². The molecule has 3 aliphatic rings. The van der Waals surface area contributed by atoms with Crippen LogP contribution in [0.4, 0.5) is 0 Å². The molecule has 1 saturated carbocycles. The van der Waals surface area contributed by atoms with E-state index in [2.05, 4.69) is 43.5 Å². The van der Waals surface area contributed by atoms with Gasteiger partial charge < -0.3 is 21.7 Å². The summed E-state index contributed by atoms with van der Waals surface area (Å²) in [4.78, 5) is 26.5. The number of aromatic amines is 1. The molecule has 1 aliphatic heterocycles. The zero-order valence-corrected chi connectivity index (χ0v) is 23.5. The van der Waals surface area contributed by atoms with E-state index in [1.54, 1.807) is 12.1 Å². The summed E-state index contributed by atoms with van der Waals surface area (Å²) in [5.74, 6) is -0.395. The zero-order chi connectivity index (χ0) is 29.5. The molecule has 3 aromatic rings. The molecule has 6 rings (SSSR count). The Balaban J connectivity index is 1.48. The summed E-state index contributed by atoms with van der Waals surface area (Å²) in [6.07, 6.45) is 6.68. The van der Waals surface area contributed by atoms with Crippen molar-refractivity contribution in [2.45, 2.75) is 68.4 Å². The van der Waals surface area contributed by atoms with Gasteiger partial charge in [0.05, 0.1) is 11.5 Å². The Kier molecular flexibility index (Phi) is 7.02. The fraction of sp³-hybridized carbons (Fsp3) is 0.419. The van der Waals surface area contributed by atoms with Crippen LogP contribution in [0.15, 0.2) is 48.7 Å². The monoisotopic (exact) mass is 565 g/mol. The molecule has 0 bridgehead atoms. The number of H-pyrrole nitrogens is 1. The lowest BCUT2D eigenvalue weighted by Crippen LogP contribution is -2.57. The number of fused-ring (bicyclic) bond motifs is 2. The number of carbonyl (C=O) groups excluding carboxylic acids is 2. The average molecular weight is 566 g/mol. The third-order valence-corrected chi connectivity index (χ3v) is 9.50. The highest BCUT2D eigenvalue weighted by Gasteiger charge is 2.51. The molecule has 1 unspecified atom stereocenters. The molecule has 2 aromatic carbocycles. The van der Waals surface area contributed by atoms with E-state index in [-0.39, 0.29) is 11.6 Å². The predicted molar refractivity (Wildman–Crippen MR) is 155 cm³/mol. The Morgan fingerprint density at radius 1 is 1.07 bits per heavy atom. The second-order valence-electron chi connectivity index (χ2n) is 11.8. The standard InChI is InChI=1S/C31H35N9O2/c1-19(40-13-2-4-24(40)16-32)17-35-30(11-3-12-30)18-31(29-36-38-39-37-29)25-9-7-22(27(33)41)14-20(25)5-6-21-15-23(28(34)42)8-10-26(21)31/h7-10,14-15,24,35H,1-6,11-13,17-18H2,(H2,33,41)(H2,34,42)(H,36,37,38,39). The van der Waals surface area contributed by atoms with Gasteiger partial charge in [-0.3, -0.25) is 9.59 Å². The van der Waals surface area contributed by atoms with Crippen molar-refractivity contribution in [3.8, 4) is 6.07 Å². The third-order valence-electron chi connectivity index (χ3n) is 9.50. The van der Waals surface area contributed by atoms with Gasteiger partial charge in [0.2, 0.25) is 11.8 Å². The van der Waals surface area contributed by atoms with Crippen molar-refractivity contribution in [3.63, 3.8) is 0 Å². The van der Waals surface area contributed by atoms with Crippen LogP contribution in [0.3, 0.4) is 0 Å². The zero-order valence-electron chi connectivity index (χ0n) is 23.5. The van der Waals surface area contributed by atoms with Crippen molar-refractivity contribution in [1.29, 1.82) is 5.26 Å². The number of hydrogen-bond acceptors (Lipinski definition) is 8. The number of carbonyl (C=O) groups is 2. The number of nitrogens with one attached hydrogen (secondary N) is 2. The van der Waals surface area contributed by atoms with E-state index < -0.39 is 17.2 Å². The normalized spacial score (nSPS) is 20.0. The number of aryl methyl sites for hydroxylation is 2. The molecule has 1 aromatic heterocycles. The van der Waals surface area contributed by atoms with Gasteiger partial charge in [0.15, 0.2) is 5.82 Å². The summed E-state index contributed by atoms with van der Waals surface area (Å²) < 4.78 is 0. The van der Waals surface area contributed by atoms with Gasteiger partial charge in [0.1, 0.15) is 6.04 Å². The lowest BCUT2D eigenvalue weighted by atomic mass is 9.60. The van der Waals surface area contributed by atoms with Crippen molar-refractivity contribution < 1.29 is 9.59 Å². The van der Waals surface area contributed by atoms with Crippen LogP contribution in [0, 0.1) is 11.3 Å². The molecular formula is C31H35N9O2. The summed E-state index contributed by atoms with van der Waals surface area (Å²) in [6.45, 7) is 5.73. The van der Waals surface area contributed by atoms with Gasteiger partial charge in [-0.1, -0.05) is 18.7 Å². The molecule has 2 heterocycles. The Morgan fingerprint density at radius 2 is 1.71 bits per heavy atom. The maximum Gasteiger partial charge on any atom is 0.248 e. The molecule has 2 amide bonds. The number of nitrogens with two attached hydrogens (primary N) is 2. The predicted octanol–water partition coefficient (Wildman–Crippen LogP) is 2.23. The lowest BCUT2D eigenvalue weighted by Gasteiger charge is -2.49. The smallest absolute Gasteiger partial charge is 0.248 e. The molecule has 0 radical (unpaired) electrons. The number of tetrazole rings is 1. The Bertz CT molecular complexity index is 1520. The number of rotatable bonds is 9. The maximum absolute atomic E-state index is 12.2. The fourth-order valence-corrected chi connectivity index (χ4v) is 7.22. The van der Waals surface area contributed by atoms with Crippen LogP contribution in [-0.2, 0) is 18.3 Å². The van der Waals surface area contributed by atoms with Gasteiger partial charge in [-0.2, -0.15) is 5.26 Å². The van der Waals surface area contributed by atoms with E-state index in [1.165, 1.54) is 0 Å². The van der Waals surface area contributed by atoms with Gasteiger partial charge in [-0.25, -0.2) is 5.10 Å². The Labute approximate surface area is 244 Å². The van der Waals surface area contributed by atoms with E-state index in [0.29, 0.717) is 42.8 Å². The number of nitrogens with zero attached hydrogens (tertiary/aromatic N) is 5. The van der Waals surface area contributed by atoms with Gasteiger partial charge in [-0.05, 0) is 108 Å². The molecule has 2 aliphatic carbocycles. The quantitative estimate of drug-likeness (QED) is 0.305. The number of hydrogen-bond donors (Lipinski definition) is 4. The minimum absolute atomic E-state index is 0.136. The molecule has 11 heteroatoms. The van der Waals surface area contributed by atoms with Crippen LogP contribution < -0.4 is 16.8 Å². The molecular weight excluding hydrogens is 530 g/mol. The molecule has 2 fully saturated rings. The summed E-state index contributed by atoms with van der Waals surface area (Å²) >= 11 is 0. The summed E-state index contributed by atoms with van der Waals surface area (Å²) in [6, 6.07) is 13.5. The number of amides is 2. The van der Waals surface area contributed by atoms with Crippen molar-refractivity contribution >= 4 is 11.8 Å². The second kappa shape index (κ2) is 10.7. The first-order chi connectivity index (χ1) is 20.3. The number of nitriles is 1. The first kappa shape index (κ1) is 27.6. The topological polar surface area (TPSA) is 180 Å². The van der Waals surface area contributed by atoms with Crippen molar-refractivity contribution in [2.24, 2.45) is 11.5 Å². The van der Waals surface area contributed by atoms with Gasteiger partial charge in [-0.15, -0.1) is 5.10 Å². The highest BCUT2D eigenvalue weighted by Crippen LogP contribution is 2.52. The molecule has 216 valence electrons. The number of aromatic nitrogens is 4. The Morgan fingerprint density at radius 3 is 2.21 bits per heavy atom. The SMILES string of the molecule is C=C(CNC1(CC2(c3nnn[nH]3)c3ccc(C(N)=O)cc3CCc3cc(C(N)=O)ccc32)CCC1)N1CCCC1C#N. The molecule has 1 saturated heterocycles. The Hall–Kier alpha value is -4.56. The second-order valence-corrected chi connectivity index (χ2v) is 11.8. The van der Waals surface area contributed by atoms with E-state index in [9.17, 15) is 14.9 Å². The first-order valence-electron chi connectivity index (χ1n) is 14.5. The van der Waals surface area contributed by atoms with Crippen LogP contribution >= 0.6 is 0 Å². The molecule has 11 nitrogen and oxygen atoms in total. The molecule has 1 atom stereocenters. The first-order valence-corrected chi connectivity index (χ1v) is 14.5. The van der Waals surface area contributed by atoms with Crippen LogP contribution in [0.2, 0.25) is 0 Å². The molecule has 6 N–H and O–H groups in total. The van der Waals surface area contributed by atoms with E-state index in [0.717, 1.165) is 66.6 Å². The van der Waals surface area contributed by atoms with Gasteiger partial charge in [0, 0.05) is 35.5 Å². The molecule has 0 spiro atoms. The van der Waals surface area contributed by atoms with Crippen molar-refractivity contribution in [2.75, 3.05) is 13.1 Å². The summed E-state index contributed by atoms with van der Waals surface area (Å²) in [5, 5.41) is 29.0.